The van der Waals surface area contributed by atoms with E-state index in [9.17, 15) is 13.2 Å². The molecule has 0 atom stereocenters. The van der Waals surface area contributed by atoms with E-state index in [1.54, 1.807) is 12.1 Å². The minimum absolute atomic E-state index is 0.133. The van der Waals surface area contributed by atoms with Gasteiger partial charge in [0.05, 0.1) is 6.67 Å². The van der Waals surface area contributed by atoms with Crippen molar-refractivity contribution in [3.63, 3.8) is 0 Å². The van der Waals surface area contributed by atoms with Gasteiger partial charge in [-0.2, -0.15) is 0 Å². The van der Waals surface area contributed by atoms with Crippen molar-refractivity contribution in [3.8, 4) is 0 Å². The zero-order valence-electron chi connectivity index (χ0n) is 22.9. The van der Waals surface area contributed by atoms with Crippen LogP contribution in [0.5, 0.6) is 0 Å². The van der Waals surface area contributed by atoms with Crippen LogP contribution in [0.4, 0.5) is 13.2 Å². The van der Waals surface area contributed by atoms with Crippen molar-refractivity contribution in [2.24, 2.45) is 11.8 Å². The maximum atomic E-state index is 15.0. The summed E-state index contributed by atoms with van der Waals surface area (Å²) >= 11 is 0. The van der Waals surface area contributed by atoms with Gasteiger partial charge in [-0.1, -0.05) is 63.3 Å². The number of hydrogen-bond acceptors (Lipinski definition) is 0. The van der Waals surface area contributed by atoms with Gasteiger partial charge in [0.1, 0.15) is 11.6 Å². The highest BCUT2D eigenvalue weighted by Gasteiger charge is 2.24. The minimum atomic E-state index is -0.199. The number of unbranched alkanes of at least 4 members (excludes halogenated alkanes) is 2. The lowest BCUT2D eigenvalue weighted by Crippen LogP contribution is -2.14. The van der Waals surface area contributed by atoms with E-state index < -0.39 is 0 Å². The molecule has 2 aliphatic rings. The Morgan fingerprint density at radius 3 is 1.54 bits per heavy atom. The Kier molecular flexibility index (Phi) is 11.0. The van der Waals surface area contributed by atoms with Crippen molar-refractivity contribution in [1.82, 2.24) is 0 Å². The van der Waals surface area contributed by atoms with Crippen LogP contribution >= 0.6 is 0 Å². The van der Waals surface area contributed by atoms with Gasteiger partial charge < -0.3 is 0 Å². The molecule has 0 spiro atoms. The Morgan fingerprint density at radius 1 is 0.622 bits per heavy atom. The van der Waals surface area contributed by atoms with Crippen LogP contribution in [0.15, 0.2) is 36.4 Å². The minimum Gasteiger partial charge on any atom is -0.251 e. The lowest BCUT2D eigenvalue weighted by molar-refractivity contribution is 0.300. The van der Waals surface area contributed by atoms with Crippen LogP contribution in [0.1, 0.15) is 131 Å². The van der Waals surface area contributed by atoms with Gasteiger partial charge in [0.25, 0.3) is 0 Å². The monoisotopic (exact) mass is 512 g/mol. The number of alkyl halides is 1. The van der Waals surface area contributed by atoms with Gasteiger partial charge in [-0.25, -0.2) is 8.78 Å². The Labute approximate surface area is 223 Å². The van der Waals surface area contributed by atoms with Crippen molar-refractivity contribution in [2.45, 2.75) is 121 Å². The third-order valence-corrected chi connectivity index (χ3v) is 9.40. The molecule has 0 unspecified atom stereocenters. The van der Waals surface area contributed by atoms with Crippen LogP contribution in [0.3, 0.4) is 0 Å². The molecule has 2 aliphatic carbocycles. The first-order valence-corrected chi connectivity index (χ1v) is 15.2. The van der Waals surface area contributed by atoms with Crippen LogP contribution in [0.2, 0.25) is 0 Å². The lowest BCUT2D eigenvalue weighted by Gasteiger charge is -2.29. The van der Waals surface area contributed by atoms with Crippen LogP contribution in [0.25, 0.3) is 0 Å². The summed E-state index contributed by atoms with van der Waals surface area (Å²) in [7, 11) is 0. The molecule has 0 heterocycles. The SMILES string of the molecule is CCCC1CCC(c2ccc(CCc3ccc(C4CCC(CCCCCF)CC4)cc3F)c(F)c2)CC1. The van der Waals surface area contributed by atoms with Crippen LogP contribution in [0, 0.1) is 23.5 Å². The fraction of sp³-hybridized carbons (Fsp3) is 0.647. The quantitative estimate of drug-likeness (QED) is 0.248. The predicted molar refractivity (Wildman–Crippen MR) is 149 cm³/mol. The first kappa shape index (κ1) is 28.2. The third kappa shape index (κ3) is 8.11. The van der Waals surface area contributed by atoms with Crippen molar-refractivity contribution >= 4 is 0 Å². The molecule has 37 heavy (non-hydrogen) atoms. The van der Waals surface area contributed by atoms with Gasteiger partial charge in [0, 0.05) is 0 Å². The zero-order valence-corrected chi connectivity index (χ0v) is 22.9. The Bertz CT molecular complexity index is 952. The maximum Gasteiger partial charge on any atom is 0.126 e. The predicted octanol–water partition coefficient (Wildman–Crippen LogP) is 10.6. The summed E-state index contributed by atoms with van der Waals surface area (Å²) in [6.45, 7) is 2.06. The first-order chi connectivity index (χ1) is 18.1. The fourth-order valence-electron chi connectivity index (χ4n) is 6.99. The standard InChI is InChI=1S/C34H47F3/c1-2-6-25-8-12-27(13-9-25)31-20-18-29(33(36)23-31)16-17-30-19-21-32(24-34(30)37)28-14-10-26(11-15-28)7-4-3-5-22-35/h18-21,23-28H,2-17,22H2,1H3. The summed E-state index contributed by atoms with van der Waals surface area (Å²) in [5.41, 5.74) is 3.63. The largest absolute Gasteiger partial charge is 0.251 e. The molecule has 3 heteroatoms. The summed E-state index contributed by atoms with van der Waals surface area (Å²) < 4.78 is 42.2. The molecular formula is C34H47F3. The maximum absolute atomic E-state index is 15.0. The van der Waals surface area contributed by atoms with Crippen molar-refractivity contribution < 1.29 is 13.2 Å². The number of benzene rings is 2. The van der Waals surface area contributed by atoms with E-state index in [1.807, 2.05) is 12.1 Å². The fourth-order valence-corrected chi connectivity index (χ4v) is 6.99. The average molecular weight is 513 g/mol. The molecule has 4 rings (SSSR count). The Hall–Kier alpha value is -1.77. The van der Waals surface area contributed by atoms with Crippen molar-refractivity contribution in [1.29, 1.82) is 0 Å². The third-order valence-electron chi connectivity index (χ3n) is 9.40. The van der Waals surface area contributed by atoms with E-state index in [0.717, 1.165) is 48.6 Å². The van der Waals surface area contributed by atoms with Gasteiger partial charge in [-0.3, -0.25) is 4.39 Å². The molecule has 0 nitrogen and oxygen atoms in total. The van der Waals surface area contributed by atoms with Gasteiger partial charge in [0.15, 0.2) is 0 Å². The Balaban J connectivity index is 1.26. The lowest BCUT2D eigenvalue weighted by atomic mass is 9.77. The molecular weight excluding hydrogens is 465 g/mol. The molecule has 0 saturated heterocycles. The molecule has 0 bridgehead atoms. The second kappa shape index (κ2) is 14.4. The topological polar surface area (TPSA) is 0 Å². The van der Waals surface area contributed by atoms with Gasteiger partial charge in [-0.15, -0.1) is 0 Å². The zero-order chi connectivity index (χ0) is 26.0. The normalized spacial score (nSPS) is 24.3. The van der Waals surface area contributed by atoms with E-state index in [4.69, 9.17) is 0 Å². The van der Waals surface area contributed by atoms with Crippen LogP contribution < -0.4 is 0 Å². The van der Waals surface area contributed by atoms with Gasteiger partial charge >= 0.3 is 0 Å². The molecule has 2 aromatic carbocycles. The summed E-state index contributed by atoms with van der Waals surface area (Å²) in [4.78, 5) is 0. The van der Waals surface area contributed by atoms with Gasteiger partial charge in [-0.05, 0) is 129 Å². The van der Waals surface area contributed by atoms with Crippen LogP contribution in [-0.4, -0.2) is 6.67 Å². The second-order valence-electron chi connectivity index (χ2n) is 12.0. The highest BCUT2D eigenvalue weighted by molar-refractivity contribution is 5.31. The number of hydrogen-bond donors (Lipinski definition) is 0. The molecule has 2 saturated carbocycles. The molecule has 2 aromatic rings. The molecule has 2 fully saturated rings. The first-order valence-electron chi connectivity index (χ1n) is 15.2. The van der Waals surface area contributed by atoms with E-state index in [-0.39, 0.29) is 18.3 Å². The molecule has 0 amide bonds. The number of aryl methyl sites for hydroxylation is 2. The van der Waals surface area contributed by atoms with Gasteiger partial charge in [0.2, 0.25) is 0 Å². The smallest absolute Gasteiger partial charge is 0.126 e. The van der Waals surface area contributed by atoms with Crippen molar-refractivity contribution in [2.75, 3.05) is 6.67 Å². The summed E-state index contributed by atoms with van der Waals surface area (Å²) in [5, 5.41) is 0. The molecule has 0 N–H and O–H groups in total. The van der Waals surface area contributed by atoms with E-state index in [0.29, 0.717) is 42.2 Å². The highest BCUT2D eigenvalue weighted by atomic mass is 19.1. The number of halogens is 3. The highest BCUT2D eigenvalue weighted by Crippen LogP contribution is 2.39. The molecule has 0 aromatic heterocycles. The Morgan fingerprint density at radius 2 is 1.11 bits per heavy atom. The molecule has 0 aliphatic heterocycles. The van der Waals surface area contributed by atoms with Crippen LogP contribution in [-0.2, 0) is 12.8 Å². The molecule has 0 radical (unpaired) electrons. The summed E-state index contributed by atoms with van der Waals surface area (Å²) in [6.07, 6.45) is 17.1. The molecule has 204 valence electrons. The number of rotatable bonds is 12. The van der Waals surface area contributed by atoms with E-state index >= 15 is 0 Å². The van der Waals surface area contributed by atoms with E-state index in [2.05, 4.69) is 19.1 Å². The summed E-state index contributed by atoms with van der Waals surface area (Å²) in [5.74, 6) is 2.24. The van der Waals surface area contributed by atoms with E-state index in [1.165, 1.54) is 57.8 Å². The van der Waals surface area contributed by atoms with Crippen molar-refractivity contribution in [3.05, 3.63) is 70.3 Å². The second-order valence-corrected chi connectivity index (χ2v) is 12.0. The average Bonchev–Trinajstić information content (AvgIpc) is 2.92. The summed E-state index contributed by atoms with van der Waals surface area (Å²) in [6, 6.07) is 11.5.